The van der Waals surface area contributed by atoms with Crippen molar-refractivity contribution in [2.45, 2.75) is 0 Å². The largest absolute Gasteiger partial charge is 0.465 e. The van der Waals surface area contributed by atoms with Gasteiger partial charge in [0.1, 0.15) is 11.5 Å². The van der Waals surface area contributed by atoms with E-state index in [1.54, 1.807) is 0 Å². The highest BCUT2D eigenvalue weighted by Gasteiger charge is 2.19. The maximum atomic E-state index is 14.2. The number of carbonyl (C=O) groups excluding carboxylic acids is 1. The number of aromatic nitrogens is 1. The summed E-state index contributed by atoms with van der Waals surface area (Å²) in [6.07, 6.45) is 1.25. The summed E-state index contributed by atoms with van der Waals surface area (Å²) in [7, 11) is 1.15. The fraction of sp³-hybridized carbons (Fsp3) is 0.0769. The highest BCUT2D eigenvalue weighted by molar-refractivity contribution is 6.33. The zero-order chi connectivity index (χ0) is 14.0. The van der Waals surface area contributed by atoms with Crippen molar-refractivity contribution in [2.24, 2.45) is 0 Å². The molecule has 0 spiro atoms. The molecule has 0 aliphatic rings. The predicted octanol–water partition coefficient (Wildman–Crippen LogP) is 3.47. The van der Waals surface area contributed by atoms with Gasteiger partial charge in [0, 0.05) is 11.8 Å². The molecule has 0 aliphatic heterocycles. The van der Waals surface area contributed by atoms with Gasteiger partial charge in [-0.05, 0) is 24.3 Å². The zero-order valence-electron chi connectivity index (χ0n) is 9.78. The second kappa shape index (κ2) is 5.32. The summed E-state index contributed by atoms with van der Waals surface area (Å²) < 4.78 is 31.6. The molecule has 3 nitrogen and oxygen atoms in total. The maximum absolute atomic E-state index is 14.2. The number of hydrogen-bond donors (Lipinski definition) is 0. The summed E-state index contributed by atoms with van der Waals surface area (Å²) in [5.74, 6) is -2.22. The molecule has 19 heavy (non-hydrogen) atoms. The molecule has 1 heterocycles. The van der Waals surface area contributed by atoms with E-state index in [1.165, 1.54) is 18.3 Å². The van der Waals surface area contributed by atoms with Crippen molar-refractivity contribution in [3.8, 4) is 11.3 Å². The van der Waals surface area contributed by atoms with Crippen molar-refractivity contribution in [1.29, 1.82) is 0 Å². The van der Waals surface area contributed by atoms with Crippen LogP contribution in [-0.2, 0) is 4.74 Å². The minimum absolute atomic E-state index is 0.00779. The Balaban J connectivity index is 2.60. The molecular formula is C13H8ClF2NO2. The Morgan fingerprint density at radius 2 is 2.05 bits per heavy atom. The van der Waals surface area contributed by atoms with Gasteiger partial charge in [0.25, 0.3) is 0 Å². The second-order valence-electron chi connectivity index (χ2n) is 3.64. The van der Waals surface area contributed by atoms with Crippen molar-refractivity contribution in [3.63, 3.8) is 0 Å². The van der Waals surface area contributed by atoms with Crippen LogP contribution in [0, 0.1) is 11.6 Å². The quantitative estimate of drug-likeness (QED) is 0.792. The van der Waals surface area contributed by atoms with E-state index in [1.807, 2.05) is 0 Å². The molecule has 98 valence electrons. The summed E-state index contributed by atoms with van der Waals surface area (Å²) >= 11 is 5.84. The number of ether oxygens (including phenoxy) is 1. The van der Waals surface area contributed by atoms with Crippen LogP contribution in [0.5, 0.6) is 0 Å². The summed E-state index contributed by atoms with van der Waals surface area (Å²) in [5, 5.41) is 0.00779. The molecule has 6 heteroatoms. The SMILES string of the molecule is COC(=O)c1ccnc(-c2ccc(F)cc2Cl)c1F. The van der Waals surface area contributed by atoms with E-state index in [9.17, 15) is 13.6 Å². The molecule has 0 radical (unpaired) electrons. The first-order chi connectivity index (χ1) is 9.04. The monoisotopic (exact) mass is 283 g/mol. The topological polar surface area (TPSA) is 39.2 Å². The predicted molar refractivity (Wildman–Crippen MR) is 65.9 cm³/mol. The van der Waals surface area contributed by atoms with Crippen LogP contribution in [0.4, 0.5) is 8.78 Å². The smallest absolute Gasteiger partial charge is 0.340 e. The van der Waals surface area contributed by atoms with Crippen LogP contribution >= 0.6 is 11.6 Å². The lowest BCUT2D eigenvalue weighted by Crippen LogP contribution is -2.06. The molecule has 1 aromatic carbocycles. The number of halogens is 3. The molecule has 0 saturated carbocycles. The molecule has 0 bridgehead atoms. The lowest BCUT2D eigenvalue weighted by Gasteiger charge is -2.07. The van der Waals surface area contributed by atoms with E-state index >= 15 is 0 Å². The Kier molecular flexibility index (Phi) is 3.76. The van der Waals surface area contributed by atoms with Crippen molar-refractivity contribution < 1.29 is 18.3 Å². The van der Waals surface area contributed by atoms with Crippen molar-refractivity contribution >= 4 is 17.6 Å². The highest BCUT2D eigenvalue weighted by atomic mass is 35.5. The van der Waals surface area contributed by atoms with Gasteiger partial charge in [0.05, 0.1) is 17.7 Å². The van der Waals surface area contributed by atoms with Crippen LogP contribution in [0.1, 0.15) is 10.4 Å². The van der Waals surface area contributed by atoms with Crippen molar-refractivity contribution in [2.75, 3.05) is 7.11 Å². The van der Waals surface area contributed by atoms with Gasteiger partial charge in [-0.15, -0.1) is 0 Å². The average Bonchev–Trinajstić information content (AvgIpc) is 2.39. The van der Waals surface area contributed by atoms with Gasteiger partial charge in [-0.2, -0.15) is 0 Å². The molecule has 2 rings (SSSR count). The first-order valence-corrected chi connectivity index (χ1v) is 5.60. The summed E-state index contributed by atoms with van der Waals surface area (Å²) in [6, 6.07) is 4.67. The summed E-state index contributed by atoms with van der Waals surface area (Å²) in [4.78, 5) is 15.2. The number of carbonyl (C=O) groups is 1. The molecule has 1 aromatic heterocycles. The van der Waals surface area contributed by atoms with Gasteiger partial charge in [0.15, 0.2) is 5.82 Å². The van der Waals surface area contributed by atoms with Crippen molar-refractivity contribution in [1.82, 2.24) is 4.98 Å². The zero-order valence-corrected chi connectivity index (χ0v) is 10.5. The van der Waals surface area contributed by atoms with E-state index in [0.717, 1.165) is 19.2 Å². The van der Waals surface area contributed by atoms with Crippen LogP contribution in [0.15, 0.2) is 30.5 Å². The minimum Gasteiger partial charge on any atom is -0.465 e. The molecule has 0 fully saturated rings. The van der Waals surface area contributed by atoms with E-state index in [2.05, 4.69) is 9.72 Å². The first-order valence-electron chi connectivity index (χ1n) is 5.23. The van der Waals surface area contributed by atoms with Crippen molar-refractivity contribution in [3.05, 3.63) is 52.7 Å². The average molecular weight is 284 g/mol. The minimum atomic E-state index is -0.858. The molecule has 0 N–H and O–H groups in total. The number of esters is 1. The van der Waals surface area contributed by atoms with E-state index in [0.29, 0.717) is 0 Å². The lowest BCUT2D eigenvalue weighted by molar-refractivity contribution is 0.0595. The Hall–Kier alpha value is -2.01. The van der Waals surface area contributed by atoms with Gasteiger partial charge in [0.2, 0.25) is 0 Å². The molecule has 0 aliphatic carbocycles. The molecule has 0 saturated heterocycles. The Labute approximate surface area is 112 Å². The fourth-order valence-electron chi connectivity index (χ4n) is 1.58. The highest BCUT2D eigenvalue weighted by Crippen LogP contribution is 2.30. The van der Waals surface area contributed by atoms with Crippen LogP contribution in [0.3, 0.4) is 0 Å². The Bertz CT molecular complexity index is 647. The van der Waals surface area contributed by atoms with Crippen LogP contribution in [0.25, 0.3) is 11.3 Å². The van der Waals surface area contributed by atoms with Gasteiger partial charge in [-0.3, -0.25) is 4.98 Å². The van der Waals surface area contributed by atoms with Gasteiger partial charge in [-0.25, -0.2) is 13.6 Å². The van der Waals surface area contributed by atoms with E-state index < -0.39 is 17.6 Å². The van der Waals surface area contributed by atoms with Crippen LogP contribution in [0.2, 0.25) is 5.02 Å². The second-order valence-corrected chi connectivity index (χ2v) is 4.04. The normalized spacial score (nSPS) is 10.3. The van der Waals surface area contributed by atoms with Gasteiger partial charge >= 0.3 is 5.97 Å². The summed E-state index contributed by atoms with van der Waals surface area (Å²) in [5.41, 5.74) is -0.188. The standard InChI is InChI=1S/C13H8ClF2NO2/c1-19-13(18)9-4-5-17-12(11(9)16)8-3-2-7(15)6-10(8)14/h2-6H,1H3. The number of hydrogen-bond acceptors (Lipinski definition) is 3. The van der Waals surface area contributed by atoms with Crippen LogP contribution < -0.4 is 0 Å². The van der Waals surface area contributed by atoms with Gasteiger partial charge < -0.3 is 4.74 Å². The van der Waals surface area contributed by atoms with Gasteiger partial charge in [-0.1, -0.05) is 11.6 Å². The fourth-order valence-corrected chi connectivity index (χ4v) is 1.84. The van der Waals surface area contributed by atoms with Crippen LogP contribution in [-0.4, -0.2) is 18.1 Å². The lowest BCUT2D eigenvalue weighted by atomic mass is 10.1. The number of pyridine rings is 1. The molecular weight excluding hydrogens is 276 g/mol. The summed E-state index contributed by atoms with van der Waals surface area (Å²) in [6.45, 7) is 0. The molecule has 0 unspecified atom stereocenters. The Morgan fingerprint density at radius 1 is 1.32 bits per heavy atom. The number of benzene rings is 1. The maximum Gasteiger partial charge on any atom is 0.340 e. The molecule has 0 atom stereocenters. The molecule has 0 amide bonds. The third kappa shape index (κ3) is 2.56. The van der Waals surface area contributed by atoms with E-state index in [4.69, 9.17) is 11.6 Å². The number of methoxy groups -OCH3 is 1. The first kappa shape index (κ1) is 13.4. The van der Waals surface area contributed by atoms with E-state index in [-0.39, 0.29) is 21.8 Å². The number of rotatable bonds is 2. The third-order valence-electron chi connectivity index (χ3n) is 2.48. The molecule has 2 aromatic rings. The third-order valence-corrected chi connectivity index (χ3v) is 2.79. The number of nitrogens with zero attached hydrogens (tertiary/aromatic N) is 1. The Morgan fingerprint density at radius 3 is 2.68 bits per heavy atom.